The lowest BCUT2D eigenvalue weighted by atomic mass is 9.90. The molecule has 1 rings (SSSR count). The van der Waals surface area contributed by atoms with Crippen LogP contribution in [0.15, 0.2) is 6.07 Å². The number of aliphatic hydroxyl groups is 1. The number of hydrogen-bond donors (Lipinski definition) is 2. The summed E-state index contributed by atoms with van der Waals surface area (Å²) in [7, 11) is 0. The van der Waals surface area contributed by atoms with Crippen molar-refractivity contribution in [3.05, 3.63) is 28.3 Å². The van der Waals surface area contributed by atoms with Crippen molar-refractivity contribution < 1.29 is 9.84 Å². The zero-order valence-corrected chi connectivity index (χ0v) is 12.6. The van der Waals surface area contributed by atoms with E-state index in [1.807, 2.05) is 0 Å². The molecule has 108 valence electrons. The minimum Gasteiger partial charge on any atom is -0.493 e. The molecule has 3 nitrogen and oxygen atoms in total. The van der Waals surface area contributed by atoms with Gasteiger partial charge >= 0.3 is 0 Å². The largest absolute Gasteiger partial charge is 0.493 e. The average molecular weight is 265 g/mol. The Morgan fingerprint density at radius 3 is 2.47 bits per heavy atom. The molecule has 0 bridgehead atoms. The number of nitrogens with two attached hydrogens (primary N) is 1. The van der Waals surface area contributed by atoms with Crippen molar-refractivity contribution in [3.8, 4) is 5.75 Å². The van der Waals surface area contributed by atoms with Crippen LogP contribution in [-0.4, -0.2) is 24.9 Å². The normalized spacial score (nSPS) is 12.5. The van der Waals surface area contributed by atoms with E-state index in [1.165, 1.54) is 22.3 Å². The van der Waals surface area contributed by atoms with Gasteiger partial charge in [-0.25, -0.2) is 0 Å². The van der Waals surface area contributed by atoms with Crippen molar-refractivity contribution >= 4 is 0 Å². The van der Waals surface area contributed by atoms with Gasteiger partial charge in [0.05, 0.1) is 6.61 Å². The molecule has 0 radical (unpaired) electrons. The summed E-state index contributed by atoms with van der Waals surface area (Å²) < 4.78 is 5.79. The SMILES string of the molecule is CCCOc1cc(C)c(CC(CN)CO)c(C)c1C. The van der Waals surface area contributed by atoms with Gasteiger partial charge in [0.25, 0.3) is 0 Å². The fraction of sp³-hybridized carbons (Fsp3) is 0.625. The fourth-order valence-electron chi connectivity index (χ4n) is 2.29. The van der Waals surface area contributed by atoms with Crippen molar-refractivity contribution in [2.75, 3.05) is 19.8 Å². The highest BCUT2D eigenvalue weighted by Crippen LogP contribution is 2.29. The molecule has 0 aliphatic rings. The zero-order chi connectivity index (χ0) is 14.4. The van der Waals surface area contributed by atoms with Crippen LogP contribution in [-0.2, 0) is 6.42 Å². The highest BCUT2D eigenvalue weighted by atomic mass is 16.5. The predicted octanol–water partition coefficient (Wildman–Crippen LogP) is 2.51. The van der Waals surface area contributed by atoms with Crippen molar-refractivity contribution in [2.24, 2.45) is 11.7 Å². The minimum absolute atomic E-state index is 0.138. The molecule has 1 aromatic carbocycles. The summed E-state index contributed by atoms with van der Waals surface area (Å²) in [4.78, 5) is 0. The Kier molecular flexibility index (Phi) is 6.32. The third-order valence-electron chi connectivity index (χ3n) is 3.75. The summed E-state index contributed by atoms with van der Waals surface area (Å²) >= 11 is 0. The summed E-state index contributed by atoms with van der Waals surface area (Å²) in [6.45, 7) is 9.84. The van der Waals surface area contributed by atoms with E-state index in [0.717, 1.165) is 25.2 Å². The molecule has 0 spiro atoms. The summed E-state index contributed by atoms with van der Waals surface area (Å²) in [5.74, 6) is 1.12. The summed E-state index contributed by atoms with van der Waals surface area (Å²) in [6, 6.07) is 2.11. The minimum atomic E-state index is 0.138. The zero-order valence-electron chi connectivity index (χ0n) is 12.6. The van der Waals surface area contributed by atoms with Gasteiger partial charge < -0.3 is 15.6 Å². The molecule has 3 N–H and O–H groups in total. The van der Waals surface area contributed by atoms with Gasteiger partial charge in [-0.1, -0.05) is 6.92 Å². The maximum atomic E-state index is 9.30. The molecule has 3 heteroatoms. The molecule has 0 aromatic heterocycles. The number of hydrogen-bond acceptors (Lipinski definition) is 3. The van der Waals surface area contributed by atoms with E-state index in [-0.39, 0.29) is 12.5 Å². The Morgan fingerprint density at radius 1 is 1.26 bits per heavy atom. The lowest BCUT2D eigenvalue weighted by Crippen LogP contribution is -2.21. The number of ether oxygens (including phenoxy) is 1. The number of benzene rings is 1. The van der Waals surface area contributed by atoms with E-state index in [2.05, 4.69) is 33.8 Å². The number of rotatable bonds is 7. The van der Waals surface area contributed by atoms with Crippen molar-refractivity contribution in [1.29, 1.82) is 0 Å². The Balaban J connectivity index is 3.04. The van der Waals surface area contributed by atoms with Gasteiger partial charge in [-0.05, 0) is 74.4 Å². The van der Waals surface area contributed by atoms with Crippen LogP contribution < -0.4 is 10.5 Å². The lowest BCUT2D eigenvalue weighted by molar-refractivity contribution is 0.229. The van der Waals surface area contributed by atoms with E-state index < -0.39 is 0 Å². The Labute approximate surface area is 116 Å². The molecule has 1 unspecified atom stereocenters. The van der Waals surface area contributed by atoms with E-state index in [1.54, 1.807) is 0 Å². The Hall–Kier alpha value is -1.06. The first-order valence-electron chi connectivity index (χ1n) is 7.08. The predicted molar refractivity (Wildman–Crippen MR) is 79.8 cm³/mol. The second-order valence-electron chi connectivity index (χ2n) is 5.26. The molecule has 0 amide bonds. The second kappa shape index (κ2) is 7.51. The molecule has 19 heavy (non-hydrogen) atoms. The van der Waals surface area contributed by atoms with Gasteiger partial charge in [-0.3, -0.25) is 0 Å². The van der Waals surface area contributed by atoms with Gasteiger partial charge in [-0.2, -0.15) is 0 Å². The van der Waals surface area contributed by atoms with E-state index in [4.69, 9.17) is 10.5 Å². The first-order chi connectivity index (χ1) is 9.04. The van der Waals surface area contributed by atoms with Gasteiger partial charge in [0, 0.05) is 6.61 Å². The Bertz CT molecular complexity index is 412. The molecular formula is C16H27NO2. The van der Waals surface area contributed by atoms with Crippen molar-refractivity contribution in [1.82, 2.24) is 0 Å². The molecule has 0 aliphatic heterocycles. The van der Waals surface area contributed by atoms with Crippen LogP contribution in [0.5, 0.6) is 5.75 Å². The third-order valence-corrected chi connectivity index (χ3v) is 3.75. The topological polar surface area (TPSA) is 55.5 Å². The highest BCUT2D eigenvalue weighted by molar-refractivity contribution is 5.48. The third kappa shape index (κ3) is 3.95. The highest BCUT2D eigenvalue weighted by Gasteiger charge is 2.15. The number of aliphatic hydroxyl groups excluding tert-OH is 1. The monoisotopic (exact) mass is 265 g/mol. The fourth-order valence-corrected chi connectivity index (χ4v) is 2.29. The van der Waals surface area contributed by atoms with Crippen LogP contribution in [0.25, 0.3) is 0 Å². The first kappa shape index (κ1) is 16.0. The van der Waals surface area contributed by atoms with Crippen LogP contribution in [0.3, 0.4) is 0 Å². The van der Waals surface area contributed by atoms with Gasteiger partial charge in [-0.15, -0.1) is 0 Å². The molecule has 0 saturated carbocycles. The molecular weight excluding hydrogens is 238 g/mol. The quantitative estimate of drug-likeness (QED) is 0.796. The van der Waals surface area contributed by atoms with Crippen LogP contribution in [0.4, 0.5) is 0 Å². The average Bonchev–Trinajstić information content (AvgIpc) is 2.41. The molecule has 0 saturated heterocycles. The molecule has 1 atom stereocenters. The van der Waals surface area contributed by atoms with Crippen molar-refractivity contribution in [3.63, 3.8) is 0 Å². The Morgan fingerprint density at radius 2 is 1.95 bits per heavy atom. The van der Waals surface area contributed by atoms with Crippen LogP contribution in [0.1, 0.15) is 35.6 Å². The van der Waals surface area contributed by atoms with Gasteiger partial charge in [0.1, 0.15) is 5.75 Å². The van der Waals surface area contributed by atoms with Gasteiger partial charge in [0.2, 0.25) is 0 Å². The smallest absolute Gasteiger partial charge is 0.122 e. The summed E-state index contributed by atoms with van der Waals surface area (Å²) in [5, 5.41) is 9.30. The molecule has 1 aromatic rings. The van der Waals surface area contributed by atoms with E-state index in [9.17, 15) is 5.11 Å². The lowest BCUT2D eigenvalue weighted by Gasteiger charge is -2.20. The van der Waals surface area contributed by atoms with E-state index in [0.29, 0.717) is 6.54 Å². The summed E-state index contributed by atoms with van der Waals surface area (Å²) in [6.07, 6.45) is 1.85. The maximum absolute atomic E-state index is 9.30. The van der Waals surface area contributed by atoms with E-state index >= 15 is 0 Å². The first-order valence-corrected chi connectivity index (χ1v) is 7.08. The maximum Gasteiger partial charge on any atom is 0.122 e. The second-order valence-corrected chi connectivity index (χ2v) is 5.26. The molecule has 0 heterocycles. The van der Waals surface area contributed by atoms with Gasteiger partial charge in [0.15, 0.2) is 0 Å². The van der Waals surface area contributed by atoms with Crippen LogP contribution in [0.2, 0.25) is 0 Å². The molecule has 0 fully saturated rings. The molecule has 0 aliphatic carbocycles. The van der Waals surface area contributed by atoms with Crippen molar-refractivity contribution in [2.45, 2.75) is 40.5 Å². The standard InChI is InChI=1S/C16H27NO2/c1-5-6-19-16-7-11(2)15(12(3)13(16)4)8-14(9-17)10-18/h7,14,18H,5-6,8-10,17H2,1-4H3. The summed E-state index contributed by atoms with van der Waals surface area (Å²) in [5.41, 5.74) is 10.7. The number of aryl methyl sites for hydroxylation is 1. The van der Waals surface area contributed by atoms with Crippen LogP contribution in [0, 0.1) is 26.7 Å². The van der Waals surface area contributed by atoms with Crippen LogP contribution >= 0.6 is 0 Å².